The topological polar surface area (TPSA) is 117 Å². The van der Waals surface area contributed by atoms with Gasteiger partial charge in [-0.05, 0) is 43.0 Å². The molecule has 1 aliphatic heterocycles. The van der Waals surface area contributed by atoms with Gasteiger partial charge in [-0.2, -0.15) is 5.10 Å². The highest BCUT2D eigenvalue weighted by molar-refractivity contribution is 5.91. The van der Waals surface area contributed by atoms with Crippen LogP contribution in [0.25, 0.3) is 22.1 Å². The molecule has 0 spiro atoms. The number of imidazole rings is 1. The number of benzene rings is 1. The van der Waals surface area contributed by atoms with Gasteiger partial charge >= 0.3 is 0 Å². The van der Waals surface area contributed by atoms with Crippen LogP contribution in [-0.4, -0.2) is 66.4 Å². The van der Waals surface area contributed by atoms with Gasteiger partial charge < -0.3 is 19.9 Å². The number of nitrogens with zero attached hydrogens (tertiary/aromatic N) is 7. The normalized spacial score (nSPS) is 17.6. The van der Waals surface area contributed by atoms with Crippen molar-refractivity contribution in [1.29, 1.82) is 0 Å². The summed E-state index contributed by atoms with van der Waals surface area (Å²) in [7, 11) is 3.61. The fourth-order valence-electron chi connectivity index (χ4n) is 4.67. The van der Waals surface area contributed by atoms with Crippen LogP contribution in [0.4, 0.5) is 5.82 Å². The zero-order valence-corrected chi connectivity index (χ0v) is 19.7. The number of fused-ring (bicyclic) bond motifs is 2. The minimum atomic E-state index is -0.107. The summed E-state index contributed by atoms with van der Waals surface area (Å²) in [6, 6.07) is 5.82. The Kier molecular flexibility index (Phi) is 5.93. The number of nitrogens with two attached hydrogens (primary N) is 1. The third-order valence-electron chi connectivity index (χ3n) is 6.42. The van der Waals surface area contributed by atoms with E-state index in [9.17, 15) is 4.79 Å². The van der Waals surface area contributed by atoms with E-state index < -0.39 is 0 Å². The first-order valence-electron chi connectivity index (χ1n) is 11.3. The molecular formula is C25H26N8O2. The Morgan fingerprint density at radius 3 is 2.97 bits per heavy atom. The van der Waals surface area contributed by atoms with Gasteiger partial charge in [0.15, 0.2) is 5.65 Å². The van der Waals surface area contributed by atoms with Crippen LogP contribution in [0.15, 0.2) is 43.5 Å². The number of rotatable bonds is 5. The molecule has 1 unspecified atom stereocenters. The zero-order valence-electron chi connectivity index (χ0n) is 19.7. The number of carbonyl (C=O) groups is 1. The molecule has 1 saturated heterocycles. The van der Waals surface area contributed by atoms with E-state index in [0.29, 0.717) is 42.1 Å². The molecule has 178 valence electrons. The van der Waals surface area contributed by atoms with E-state index in [4.69, 9.17) is 15.6 Å². The molecule has 2 atom stereocenters. The third kappa shape index (κ3) is 4.11. The minimum Gasteiger partial charge on any atom is -0.385 e. The molecule has 2 N–H and O–H groups in total. The molecule has 3 aromatic heterocycles. The monoisotopic (exact) mass is 470 g/mol. The van der Waals surface area contributed by atoms with E-state index in [1.165, 1.54) is 12.4 Å². The highest BCUT2D eigenvalue weighted by Gasteiger charge is 2.36. The summed E-state index contributed by atoms with van der Waals surface area (Å²) in [6.07, 6.45) is 5.99. The van der Waals surface area contributed by atoms with Crippen molar-refractivity contribution in [3.8, 4) is 11.8 Å². The summed E-state index contributed by atoms with van der Waals surface area (Å²) in [5.41, 5.74) is 10.1. The van der Waals surface area contributed by atoms with Gasteiger partial charge in [0.25, 0.3) is 0 Å². The maximum absolute atomic E-state index is 12.5. The van der Waals surface area contributed by atoms with Crippen LogP contribution in [0.5, 0.6) is 0 Å². The van der Waals surface area contributed by atoms with E-state index >= 15 is 0 Å². The van der Waals surface area contributed by atoms with E-state index in [1.807, 2.05) is 39.4 Å². The van der Waals surface area contributed by atoms with E-state index in [1.54, 1.807) is 13.4 Å². The van der Waals surface area contributed by atoms with Crippen LogP contribution in [-0.2, 0) is 16.6 Å². The van der Waals surface area contributed by atoms with Crippen molar-refractivity contribution in [1.82, 2.24) is 34.2 Å². The summed E-state index contributed by atoms with van der Waals surface area (Å²) < 4.78 is 9.04. The lowest BCUT2D eigenvalue weighted by atomic mass is 10.1. The summed E-state index contributed by atoms with van der Waals surface area (Å²) in [5.74, 6) is 6.55. The Balaban J connectivity index is 1.52. The van der Waals surface area contributed by atoms with Crippen molar-refractivity contribution >= 4 is 33.8 Å². The molecule has 0 bridgehead atoms. The number of nitrogen functional groups attached to an aromatic ring is 1. The highest BCUT2D eigenvalue weighted by atomic mass is 16.5. The van der Waals surface area contributed by atoms with Crippen LogP contribution in [0.3, 0.4) is 0 Å². The molecule has 1 aliphatic rings. The summed E-state index contributed by atoms with van der Waals surface area (Å²) in [6.45, 7) is 4.70. The lowest BCUT2D eigenvalue weighted by Crippen LogP contribution is -2.35. The molecule has 0 saturated carbocycles. The highest BCUT2D eigenvalue weighted by Crippen LogP contribution is 2.33. The summed E-state index contributed by atoms with van der Waals surface area (Å²) >= 11 is 0. The number of methoxy groups -OCH3 is 1. The summed E-state index contributed by atoms with van der Waals surface area (Å²) in [4.78, 5) is 27.3. The van der Waals surface area contributed by atoms with Gasteiger partial charge in [0.05, 0.1) is 28.8 Å². The molecule has 4 aromatic rings. The van der Waals surface area contributed by atoms with Crippen molar-refractivity contribution in [3.63, 3.8) is 0 Å². The number of amides is 1. The Morgan fingerprint density at radius 2 is 2.17 bits per heavy atom. The van der Waals surface area contributed by atoms with Gasteiger partial charge in [-0.1, -0.05) is 12.5 Å². The van der Waals surface area contributed by atoms with Crippen LogP contribution < -0.4 is 5.73 Å². The second-order valence-corrected chi connectivity index (χ2v) is 8.58. The summed E-state index contributed by atoms with van der Waals surface area (Å²) in [5, 5.41) is 5.41. The lowest BCUT2D eigenvalue weighted by Gasteiger charge is -2.22. The van der Waals surface area contributed by atoms with Crippen LogP contribution >= 0.6 is 0 Å². The van der Waals surface area contributed by atoms with E-state index in [0.717, 1.165) is 23.0 Å². The lowest BCUT2D eigenvalue weighted by molar-refractivity contribution is -0.127. The Morgan fingerprint density at radius 1 is 1.31 bits per heavy atom. The van der Waals surface area contributed by atoms with Crippen molar-refractivity contribution in [3.05, 3.63) is 54.8 Å². The molecule has 0 aliphatic carbocycles. The smallest absolute Gasteiger partial charge is 0.246 e. The number of hydrogen-bond donors (Lipinski definition) is 1. The first-order chi connectivity index (χ1) is 17.0. The number of likely N-dealkylation sites (tertiary alicyclic amines) is 1. The first kappa shape index (κ1) is 22.6. The van der Waals surface area contributed by atoms with Gasteiger partial charge in [-0.15, -0.1) is 0 Å². The van der Waals surface area contributed by atoms with Gasteiger partial charge in [0.2, 0.25) is 5.91 Å². The molecular weight excluding hydrogens is 444 g/mol. The average Bonchev–Trinajstić information content (AvgIpc) is 3.56. The van der Waals surface area contributed by atoms with Crippen molar-refractivity contribution in [2.24, 2.45) is 7.05 Å². The van der Waals surface area contributed by atoms with E-state index in [2.05, 4.69) is 33.4 Å². The van der Waals surface area contributed by atoms with Crippen LogP contribution in [0.1, 0.15) is 30.1 Å². The molecule has 10 nitrogen and oxygen atoms in total. The molecule has 35 heavy (non-hydrogen) atoms. The quantitative estimate of drug-likeness (QED) is 0.350. The molecule has 5 rings (SSSR count). The molecule has 0 radical (unpaired) electrons. The van der Waals surface area contributed by atoms with Crippen molar-refractivity contribution in [2.45, 2.75) is 24.9 Å². The second-order valence-electron chi connectivity index (χ2n) is 8.58. The Hall–Kier alpha value is -4.23. The van der Waals surface area contributed by atoms with Crippen molar-refractivity contribution < 1.29 is 9.53 Å². The first-order valence-corrected chi connectivity index (χ1v) is 11.3. The number of ether oxygens (including phenoxy) is 1. The zero-order chi connectivity index (χ0) is 24.5. The van der Waals surface area contributed by atoms with Crippen molar-refractivity contribution in [2.75, 3.05) is 26.0 Å². The maximum atomic E-state index is 12.5. The second kappa shape index (κ2) is 9.19. The number of anilines is 1. The van der Waals surface area contributed by atoms with E-state index in [-0.39, 0.29) is 18.0 Å². The minimum absolute atomic E-state index is 0.0171. The fraction of sp³-hybridized carbons (Fsp3) is 0.320. The maximum Gasteiger partial charge on any atom is 0.246 e. The van der Waals surface area contributed by atoms with Gasteiger partial charge in [0, 0.05) is 38.9 Å². The Labute approximate surface area is 202 Å². The van der Waals surface area contributed by atoms with Gasteiger partial charge in [-0.3, -0.25) is 4.79 Å². The number of aromatic nitrogens is 6. The molecule has 4 heterocycles. The third-order valence-corrected chi connectivity index (χ3v) is 6.42. The van der Waals surface area contributed by atoms with Gasteiger partial charge in [0.1, 0.15) is 17.8 Å². The Bertz CT molecular complexity index is 1490. The average molecular weight is 471 g/mol. The predicted octanol–water partition coefficient (Wildman–Crippen LogP) is 2.06. The predicted molar refractivity (Wildman–Crippen MR) is 132 cm³/mol. The largest absolute Gasteiger partial charge is 0.385 e. The van der Waals surface area contributed by atoms with Crippen LogP contribution in [0, 0.1) is 11.8 Å². The molecule has 1 amide bonds. The molecule has 1 fully saturated rings. The number of hydrogen-bond acceptors (Lipinski definition) is 7. The molecule has 1 aromatic carbocycles. The standard InChI is InChI=1S/C25H26N8O2/c1-4-22(34)32-13-18(12-17(32)9-10-35-3)33-25-23(24(26)27-14-28-25)19(30-33)7-5-16-6-8-21-20(11-16)29-15-31(21)2/h4,6,8,11,14-15,17-18H,1,9-10,12-13H2,2-3H3,(H2,26,27,28)/t17-,18?/m0/s1. The number of carbonyl (C=O) groups excluding carboxylic acids is 1. The van der Waals surface area contributed by atoms with Gasteiger partial charge in [-0.25, -0.2) is 19.6 Å². The fourth-order valence-corrected chi connectivity index (χ4v) is 4.67. The number of aryl methyl sites for hydroxylation is 1. The van der Waals surface area contributed by atoms with Crippen LogP contribution in [0.2, 0.25) is 0 Å². The SMILES string of the molecule is C=CC(=O)N1CC(n2nc(C#Cc3ccc4c(c3)ncn4C)c3c(N)ncnc32)C[C@@H]1CCOC. The molecule has 10 heteroatoms.